The van der Waals surface area contributed by atoms with Crippen LogP contribution in [-0.2, 0) is 14.0 Å². The van der Waals surface area contributed by atoms with E-state index in [1.807, 2.05) is 33.8 Å². The number of fused-ring (bicyclic) bond motifs is 1. The summed E-state index contributed by atoms with van der Waals surface area (Å²) in [6.07, 6.45) is 4.62. The van der Waals surface area contributed by atoms with Gasteiger partial charge < -0.3 is 14.0 Å². The van der Waals surface area contributed by atoms with E-state index in [9.17, 15) is 4.39 Å². The van der Waals surface area contributed by atoms with Crippen molar-refractivity contribution in [2.24, 2.45) is 0 Å². The molecule has 0 radical (unpaired) electrons. The molecule has 6 heteroatoms. The predicted molar refractivity (Wildman–Crippen MR) is 101 cm³/mol. The molecule has 1 aromatic heterocycles. The molecule has 0 spiro atoms. The summed E-state index contributed by atoms with van der Waals surface area (Å²) in [7, 11) is -0.751. The van der Waals surface area contributed by atoms with Gasteiger partial charge in [0.2, 0.25) is 0 Å². The van der Waals surface area contributed by atoms with Crippen molar-refractivity contribution < 1.29 is 18.4 Å². The maximum absolute atomic E-state index is 14.7. The molecule has 1 aromatic carbocycles. The maximum atomic E-state index is 14.7. The minimum Gasteiger partial charge on any atom is -0.399 e. The summed E-state index contributed by atoms with van der Waals surface area (Å²) in [5, 5.41) is 1.65. The molecule has 2 aromatic rings. The second kappa shape index (κ2) is 6.15. The van der Waals surface area contributed by atoms with E-state index < -0.39 is 18.3 Å². The quantitative estimate of drug-likeness (QED) is 0.774. The molecule has 136 valence electrons. The van der Waals surface area contributed by atoms with Gasteiger partial charge in [0.25, 0.3) is 0 Å². The van der Waals surface area contributed by atoms with Crippen LogP contribution in [0, 0.1) is 5.82 Å². The van der Waals surface area contributed by atoms with Crippen LogP contribution in [-0.4, -0.2) is 36.5 Å². The highest BCUT2D eigenvalue weighted by atomic mass is 19.1. The first-order chi connectivity index (χ1) is 12.3. The standard InChI is InChI=1S/C20H23BFNO3/c1-19(2)20(3,4)26-21(25-19)18-15-12-23-17(13-7-9-24-10-8-13)11-14(15)5-6-16(18)22/h5-7,11-12H,8-10H2,1-4H3. The largest absolute Gasteiger partial charge is 0.498 e. The summed E-state index contributed by atoms with van der Waals surface area (Å²) < 4.78 is 32.2. The fraction of sp³-hybridized carbons (Fsp3) is 0.450. The average molecular weight is 355 g/mol. The van der Waals surface area contributed by atoms with Crippen molar-refractivity contribution in [2.45, 2.75) is 45.3 Å². The smallest absolute Gasteiger partial charge is 0.399 e. The summed E-state index contributed by atoms with van der Waals surface area (Å²) in [5.74, 6) is -0.337. The Bertz CT molecular complexity index is 878. The molecule has 2 aliphatic heterocycles. The minimum absolute atomic E-state index is 0.337. The van der Waals surface area contributed by atoms with E-state index in [1.54, 1.807) is 12.3 Å². The zero-order valence-electron chi connectivity index (χ0n) is 15.6. The summed E-state index contributed by atoms with van der Waals surface area (Å²) >= 11 is 0. The van der Waals surface area contributed by atoms with Crippen molar-refractivity contribution >= 4 is 28.9 Å². The molecule has 2 aliphatic rings. The SMILES string of the molecule is CC1(C)OB(c2c(F)ccc3cc(C4=CCOCC4)ncc23)OC1(C)C. The lowest BCUT2D eigenvalue weighted by Gasteiger charge is -2.32. The number of aromatic nitrogens is 1. The molecule has 4 nitrogen and oxygen atoms in total. The Morgan fingerprint density at radius 1 is 1.12 bits per heavy atom. The lowest BCUT2D eigenvalue weighted by atomic mass is 9.76. The average Bonchev–Trinajstić information content (AvgIpc) is 2.82. The zero-order valence-corrected chi connectivity index (χ0v) is 15.6. The van der Waals surface area contributed by atoms with Crippen molar-refractivity contribution in [1.82, 2.24) is 4.98 Å². The summed E-state index contributed by atoms with van der Waals surface area (Å²) in [6.45, 7) is 9.16. The van der Waals surface area contributed by atoms with Gasteiger partial charge in [-0.15, -0.1) is 0 Å². The monoisotopic (exact) mass is 355 g/mol. The molecule has 0 atom stereocenters. The van der Waals surface area contributed by atoms with Gasteiger partial charge in [-0.05, 0) is 57.2 Å². The number of nitrogens with zero attached hydrogens (tertiary/aromatic N) is 1. The van der Waals surface area contributed by atoms with E-state index in [4.69, 9.17) is 14.0 Å². The van der Waals surface area contributed by atoms with E-state index >= 15 is 0 Å². The molecule has 3 heterocycles. The number of hydrogen-bond acceptors (Lipinski definition) is 4. The Morgan fingerprint density at radius 2 is 1.85 bits per heavy atom. The van der Waals surface area contributed by atoms with Gasteiger partial charge in [-0.1, -0.05) is 12.1 Å². The van der Waals surface area contributed by atoms with Crippen LogP contribution in [0.3, 0.4) is 0 Å². The zero-order chi connectivity index (χ0) is 18.5. The Morgan fingerprint density at radius 3 is 2.50 bits per heavy atom. The Labute approximate surface area is 153 Å². The van der Waals surface area contributed by atoms with E-state index in [2.05, 4.69) is 11.1 Å². The number of pyridine rings is 1. The van der Waals surface area contributed by atoms with Crippen LogP contribution in [0.25, 0.3) is 16.3 Å². The molecule has 26 heavy (non-hydrogen) atoms. The minimum atomic E-state index is -0.751. The van der Waals surface area contributed by atoms with Gasteiger partial charge in [0.1, 0.15) is 5.82 Å². The third kappa shape index (κ3) is 2.86. The molecule has 1 fully saturated rings. The normalized spacial score (nSPS) is 21.9. The predicted octanol–water partition coefficient (Wildman–Crippen LogP) is 3.48. The lowest BCUT2D eigenvalue weighted by Crippen LogP contribution is -2.41. The first-order valence-electron chi connectivity index (χ1n) is 8.99. The molecule has 4 rings (SSSR count). The second-order valence-electron chi connectivity index (χ2n) is 7.89. The molecular formula is C20H23BFNO3. The number of halogens is 1. The first-order valence-corrected chi connectivity index (χ1v) is 8.99. The van der Waals surface area contributed by atoms with Gasteiger partial charge in [-0.25, -0.2) is 4.39 Å². The van der Waals surface area contributed by atoms with Gasteiger partial charge >= 0.3 is 7.12 Å². The highest BCUT2D eigenvalue weighted by molar-refractivity contribution is 6.65. The molecule has 0 aliphatic carbocycles. The highest BCUT2D eigenvalue weighted by Crippen LogP contribution is 2.37. The van der Waals surface area contributed by atoms with Crippen molar-refractivity contribution in [1.29, 1.82) is 0 Å². The fourth-order valence-corrected chi connectivity index (χ4v) is 3.35. The molecule has 0 unspecified atom stereocenters. The maximum Gasteiger partial charge on any atom is 0.498 e. The molecule has 0 N–H and O–H groups in total. The van der Waals surface area contributed by atoms with Gasteiger partial charge in [0.15, 0.2) is 0 Å². The van der Waals surface area contributed by atoms with Gasteiger partial charge in [-0.3, -0.25) is 4.98 Å². The second-order valence-corrected chi connectivity index (χ2v) is 7.89. The number of rotatable bonds is 2. The van der Waals surface area contributed by atoms with Crippen molar-refractivity contribution in [3.63, 3.8) is 0 Å². The summed E-state index contributed by atoms with van der Waals surface area (Å²) in [6, 6.07) is 5.26. The van der Waals surface area contributed by atoms with Crippen LogP contribution in [0.2, 0.25) is 0 Å². The molecule has 0 bridgehead atoms. The van der Waals surface area contributed by atoms with Gasteiger partial charge in [0.05, 0.1) is 30.1 Å². The summed E-state index contributed by atoms with van der Waals surface area (Å²) in [4.78, 5) is 4.57. The highest BCUT2D eigenvalue weighted by Gasteiger charge is 2.52. The van der Waals surface area contributed by atoms with Gasteiger partial charge in [-0.2, -0.15) is 0 Å². The Kier molecular flexibility index (Phi) is 4.17. The summed E-state index contributed by atoms with van der Waals surface area (Å²) in [5.41, 5.74) is 1.45. The van der Waals surface area contributed by atoms with Crippen molar-refractivity contribution in [3.8, 4) is 0 Å². The van der Waals surface area contributed by atoms with Crippen LogP contribution in [0.4, 0.5) is 4.39 Å². The Hall–Kier alpha value is -1.76. The van der Waals surface area contributed by atoms with Crippen LogP contribution in [0.15, 0.2) is 30.5 Å². The molecule has 1 saturated heterocycles. The van der Waals surface area contributed by atoms with E-state index in [1.165, 1.54) is 11.6 Å². The van der Waals surface area contributed by atoms with Gasteiger partial charge in [0, 0.05) is 17.0 Å². The van der Waals surface area contributed by atoms with Crippen LogP contribution in [0.1, 0.15) is 39.8 Å². The fourth-order valence-electron chi connectivity index (χ4n) is 3.35. The van der Waals surface area contributed by atoms with Crippen LogP contribution >= 0.6 is 0 Å². The lowest BCUT2D eigenvalue weighted by molar-refractivity contribution is 0.00578. The molecule has 0 saturated carbocycles. The van der Waals surface area contributed by atoms with Crippen LogP contribution < -0.4 is 5.46 Å². The van der Waals surface area contributed by atoms with Crippen molar-refractivity contribution in [2.75, 3.05) is 13.2 Å². The number of benzene rings is 1. The number of hydrogen-bond donors (Lipinski definition) is 0. The van der Waals surface area contributed by atoms with Crippen LogP contribution in [0.5, 0.6) is 0 Å². The van der Waals surface area contributed by atoms with E-state index in [0.717, 1.165) is 22.9 Å². The Balaban J connectivity index is 1.78. The molecule has 0 amide bonds. The number of ether oxygens (including phenoxy) is 1. The third-order valence-electron chi connectivity index (χ3n) is 5.67. The first kappa shape index (κ1) is 17.6. The van der Waals surface area contributed by atoms with Crippen molar-refractivity contribution in [3.05, 3.63) is 42.0 Å². The topological polar surface area (TPSA) is 40.6 Å². The third-order valence-corrected chi connectivity index (χ3v) is 5.67. The molecular weight excluding hydrogens is 332 g/mol. The van der Waals surface area contributed by atoms with E-state index in [0.29, 0.717) is 18.7 Å². The van der Waals surface area contributed by atoms with E-state index in [-0.39, 0.29) is 5.82 Å².